The highest BCUT2D eigenvalue weighted by Crippen LogP contribution is 2.27. The topological polar surface area (TPSA) is 65.1 Å². The Kier molecular flexibility index (Phi) is 3.65. The van der Waals surface area contributed by atoms with Gasteiger partial charge in [-0.15, -0.1) is 0 Å². The van der Waals surface area contributed by atoms with Gasteiger partial charge in [0.2, 0.25) is 5.91 Å². The molecule has 1 heterocycles. The predicted octanol–water partition coefficient (Wildman–Crippen LogP) is 4.52. The molecule has 3 aromatic carbocycles. The van der Waals surface area contributed by atoms with Gasteiger partial charge in [0, 0.05) is 33.6 Å². The molecule has 0 aliphatic carbocycles. The summed E-state index contributed by atoms with van der Waals surface area (Å²) in [4.78, 5) is 15.7. The van der Waals surface area contributed by atoms with Crippen LogP contribution in [0.15, 0.2) is 60.7 Å². The van der Waals surface area contributed by atoms with Crippen molar-refractivity contribution in [3.63, 3.8) is 0 Å². The van der Waals surface area contributed by atoms with Crippen LogP contribution in [0.3, 0.4) is 0 Å². The molecule has 0 radical (unpaired) electrons. The molecule has 0 aliphatic rings. The maximum Gasteiger partial charge on any atom is 0.228 e. The molecular weight excluding hydrogens is 312 g/mol. The van der Waals surface area contributed by atoms with Crippen molar-refractivity contribution in [3.8, 4) is 5.75 Å². The van der Waals surface area contributed by atoms with Crippen LogP contribution in [0.2, 0.25) is 0 Å². The van der Waals surface area contributed by atoms with E-state index in [0.29, 0.717) is 5.69 Å². The van der Waals surface area contributed by atoms with Crippen molar-refractivity contribution in [2.24, 2.45) is 0 Å². The summed E-state index contributed by atoms with van der Waals surface area (Å²) in [5.41, 5.74) is 4.88. The van der Waals surface area contributed by atoms with Crippen molar-refractivity contribution in [2.45, 2.75) is 13.3 Å². The Balaban J connectivity index is 1.59. The van der Waals surface area contributed by atoms with E-state index in [4.69, 9.17) is 0 Å². The summed E-state index contributed by atoms with van der Waals surface area (Å²) in [6.45, 7) is 2.07. The van der Waals surface area contributed by atoms with Gasteiger partial charge in [0.05, 0.1) is 6.42 Å². The van der Waals surface area contributed by atoms with E-state index in [-0.39, 0.29) is 18.1 Å². The van der Waals surface area contributed by atoms with Crippen LogP contribution in [-0.4, -0.2) is 16.0 Å². The van der Waals surface area contributed by atoms with Crippen LogP contribution in [0.25, 0.3) is 21.8 Å². The number of amides is 1. The molecular formula is C21H18N2O2. The van der Waals surface area contributed by atoms with Crippen molar-refractivity contribution in [3.05, 3.63) is 71.8 Å². The van der Waals surface area contributed by atoms with Crippen LogP contribution in [0.4, 0.5) is 5.69 Å². The number of aromatic nitrogens is 1. The number of fused-ring (bicyclic) bond motifs is 3. The van der Waals surface area contributed by atoms with E-state index >= 15 is 0 Å². The number of benzene rings is 3. The molecule has 0 atom stereocenters. The summed E-state index contributed by atoms with van der Waals surface area (Å²) in [7, 11) is 0. The fourth-order valence-electron chi connectivity index (χ4n) is 3.16. The number of nitrogens with one attached hydrogen (secondary N) is 2. The van der Waals surface area contributed by atoms with Crippen LogP contribution < -0.4 is 5.32 Å². The Labute approximate surface area is 145 Å². The molecule has 25 heavy (non-hydrogen) atoms. The minimum absolute atomic E-state index is 0.114. The fraction of sp³-hybridized carbons (Fsp3) is 0.0952. The maximum absolute atomic E-state index is 12.2. The monoisotopic (exact) mass is 330 g/mol. The molecule has 4 rings (SSSR count). The lowest BCUT2D eigenvalue weighted by atomic mass is 10.1. The number of rotatable bonds is 3. The third-order valence-corrected chi connectivity index (χ3v) is 4.31. The highest BCUT2D eigenvalue weighted by molar-refractivity contribution is 6.07. The minimum atomic E-state index is -0.114. The molecule has 1 aromatic heterocycles. The van der Waals surface area contributed by atoms with E-state index in [0.717, 1.165) is 22.0 Å². The van der Waals surface area contributed by atoms with Gasteiger partial charge < -0.3 is 15.4 Å². The lowest BCUT2D eigenvalue weighted by Crippen LogP contribution is -2.14. The zero-order chi connectivity index (χ0) is 17.4. The Morgan fingerprint density at radius 1 is 1.00 bits per heavy atom. The third-order valence-electron chi connectivity index (χ3n) is 4.31. The largest absolute Gasteiger partial charge is 0.508 e. The number of aryl methyl sites for hydroxylation is 1. The average Bonchev–Trinajstić information content (AvgIpc) is 2.91. The Hall–Kier alpha value is -3.27. The van der Waals surface area contributed by atoms with Crippen LogP contribution >= 0.6 is 0 Å². The van der Waals surface area contributed by atoms with Crippen molar-refractivity contribution >= 4 is 33.4 Å². The molecule has 124 valence electrons. The molecule has 4 heteroatoms. The minimum Gasteiger partial charge on any atom is -0.508 e. The molecule has 0 aliphatic heterocycles. The quantitative estimate of drug-likeness (QED) is 0.517. The van der Waals surface area contributed by atoms with E-state index in [1.807, 2.05) is 12.1 Å². The average molecular weight is 330 g/mol. The summed E-state index contributed by atoms with van der Waals surface area (Å²) < 4.78 is 0. The van der Waals surface area contributed by atoms with E-state index < -0.39 is 0 Å². The van der Waals surface area contributed by atoms with E-state index in [1.54, 1.807) is 18.2 Å². The Morgan fingerprint density at radius 2 is 1.76 bits per heavy atom. The zero-order valence-corrected chi connectivity index (χ0v) is 13.8. The first-order valence-corrected chi connectivity index (χ1v) is 8.18. The summed E-state index contributed by atoms with van der Waals surface area (Å²) in [6.07, 6.45) is 0.278. The van der Waals surface area contributed by atoms with Gasteiger partial charge in [-0.2, -0.15) is 0 Å². The number of phenolic OH excluding ortho intramolecular Hbond substituents is 1. The van der Waals surface area contributed by atoms with E-state index in [2.05, 4.69) is 41.5 Å². The van der Waals surface area contributed by atoms with Gasteiger partial charge in [-0.25, -0.2) is 0 Å². The summed E-state index contributed by atoms with van der Waals surface area (Å²) in [5.74, 6) is 0.0181. The number of hydrogen-bond donors (Lipinski definition) is 3. The van der Waals surface area contributed by atoms with Gasteiger partial charge in [0.25, 0.3) is 0 Å². The van der Waals surface area contributed by atoms with Gasteiger partial charge in [0.1, 0.15) is 5.75 Å². The van der Waals surface area contributed by atoms with Crippen molar-refractivity contribution in [1.29, 1.82) is 0 Å². The van der Waals surface area contributed by atoms with Crippen LogP contribution in [0.1, 0.15) is 11.1 Å². The lowest BCUT2D eigenvalue weighted by Gasteiger charge is -2.06. The summed E-state index contributed by atoms with van der Waals surface area (Å²) >= 11 is 0. The van der Waals surface area contributed by atoms with Gasteiger partial charge >= 0.3 is 0 Å². The number of carbonyl (C=O) groups is 1. The number of anilines is 1. The third kappa shape index (κ3) is 3.06. The first-order valence-electron chi connectivity index (χ1n) is 8.18. The zero-order valence-electron chi connectivity index (χ0n) is 13.8. The Bertz CT molecular complexity index is 1100. The van der Waals surface area contributed by atoms with Gasteiger partial charge in [-0.05, 0) is 42.3 Å². The molecule has 0 saturated heterocycles. The molecule has 0 fully saturated rings. The SMILES string of the molecule is Cc1ccc2c(c1)[nH]c1cc(CC(=O)Nc3cccc(O)c3)ccc12. The van der Waals surface area contributed by atoms with Crippen LogP contribution in [-0.2, 0) is 11.2 Å². The standard InChI is InChI=1S/C21H18N2O2/c1-13-5-7-17-18-8-6-14(10-20(18)23-19(17)9-13)11-21(25)22-15-3-2-4-16(24)12-15/h2-10,12,23-24H,11H2,1H3,(H,22,25). The maximum atomic E-state index is 12.2. The molecule has 0 spiro atoms. The summed E-state index contributed by atoms with van der Waals surface area (Å²) in [6, 6.07) is 19.0. The number of hydrogen-bond acceptors (Lipinski definition) is 2. The normalized spacial score (nSPS) is 11.1. The second-order valence-corrected chi connectivity index (χ2v) is 6.33. The molecule has 1 amide bonds. The van der Waals surface area contributed by atoms with E-state index in [1.165, 1.54) is 17.0 Å². The molecule has 4 nitrogen and oxygen atoms in total. The van der Waals surface area contributed by atoms with E-state index in [9.17, 15) is 9.90 Å². The van der Waals surface area contributed by atoms with Crippen LogP contribution in [0, 0.1) is 6.92 Å². The number of aromatic hydroxyl groups is 1. The lowest BCUT2D eigenvalue weighted by molar-refractivity contribution is -0.115. The first kappa shape index (κ1) is 15.3. The second kappa shape index (κ2) is 5.98. The Morgan fingerprint density at radius 3 is 2.56 bits per heavy atom. The number of phenols is 1. The van der Waals surface area contributed by atoms with Crippen molar-refractivity contribution in [2.75, 3.05) is 5.32 Å². The first-order chi connectivity index (χ1) is 12.1. The predicted molar refractivity (Wildman–Crippen MR) is 101 cm³/mol. The fourth-order valence-corrected chi connectivity index (χ4v) is 3.16. The number of H-pyrrole nitrogens is 1. The molecule has 0 saturated carbocycles. The van der Waals surface area contributed by atoms with Gasteiger partial charge in [0.15, 0.2) is 0 Å². The van der Waals surface area contributed by atoms with Crippen molar-refractivity contribution < 1.29 is 9.90 Å². The highest BCUT2D eigenvalue weighted by atomic mass is 16.3. The smallest absolute Gasteiger partial charge is 0.228 e. The van der Waals surface area contributed by atoms with Gasteiger partial charge in [-0.1, -0.05) is 30.3 Å². The number of carbonyl (C=O) groups excluding carboxylic acids is 1. The summed E-state index contributed by atoms with van der Waals surface area (Å²) in [5, 5.41) is 14.6. The highest BCUT2D eigenvalue weighted by Gasteiger charge is 2.08. The second-order valence-electron chi connectivity index (χ2n) is 6.33. The molecule has 0 unspecified atom stereocenters. The van der Waals surface area contributed by atoms with Crippen molar-refractivity contribution in [1.82, 2.24) is 4.98 Å². The number of aromatic amines is 1. The van der Waals surface area contributed by atoms with Crippen LogP contribution in [0.5, 0.6) is 5.75 Å². The molecule has 0 bridgehead atoms. The molecule has 3 N–H and O–H groups in total. The van der Waals surface area contributed by atoms with Gasteiger partial charge in [-0.3, -0.25) is 4.79 Å². The molecule has 4 aromatic rings.